The summed E-state index contributed by atoms with van der Waals surface area (Å²) in [5.74, 6) is 0.663. The lowest BCUT2D eigenvalue weighted by molar-refractivity contribution is -0.133. The lowest BCUT2D eigenvalue weighted by atomic mass is 9.97. The van der Waals surface area contributed by atoms with Crippen molar-refractivity contribution < 1.29 is 14.6 Å². The Morgan fingerprint density at radius 2 is 2.00 bits per heavy atom. The molecule has 0 aromatic heterocycles. The van der Waals surface area contributed by atoms with Crippen molar-refractivity contribution in [1.82, 2.24) is 4.90 Å². The van der Waals surface area contributed by atoms with Gasteiger partial charge < -0.3 is 14.7 Å². The number of ether oxygens (including phenoxy) is 1. The van der Waals surface area contributed by atoms with Crippen molar-refractivity contribution in [3.8, 4) is 0 Å². The summed E-state index contributed by atoms with van der Waals surface area (Å²) in [6.07, 6.45) is 7.20. The molecule has 2 rings (SSSR count). The van der Waals surface area contributed by atoms with Crippen LogP contribution < -0.4 is 0 Å². The zero-order chi connectivity index (χ0) is 12.8. The molecule has 0 radical (unpaired) electrons. The third-order valence-electron chi connectivity index (χ3n) is 4.18. The van der Waals surface area contributed by atoms with Gasteiger partial charge in [0.25, 0.3) is 0 Å². The van der Waals surface area contributed by atoms with E-state index in [1.807, 2.05) is 4.90 Å². The Morgan fingerprint density at radius 1 is 1.22 bits per heavy atom. The minimum atomic E-state index is 0.262. The zero-order valence-electron chi connectivity index (χ0n) is 11.1. The van der Waals surface area contributed by atoms with E-state index in [0.29, 0.717) is 18.4 Å². The molecule has 1 unspecified atom stereocenters. The number of aliphatic hydroxyl groups is 1. The van der Waals surface area contributed by atoms with Crippen LogP contribution in [0.15, 0.2) is 0 Å². The molecule has 18 heavy (non-hydrogen) atoms. The van der Waals surface area contributed by atoms with Crippen LogP contribution >= 0.6 is 0 Å². The molecule has 0 aromatic carbocycles. The smallest absolute Gasteiger partial charge is 0.222 e. The highest BCUT2D eigenvalue weighted by Gasteiger charge is 2.23. The van der Waals surface area contributed by atoms with Gasteiger partial charge in [0.05, 0.1) is 6.10 Å². The Labute approximate surface area is 109 Å². The van der Waals surface area contributed by atoms with Gasteiger partial charge in [-0.05, 0) is 44.4 Å². The number of rotatable bonds is 4. The Kier molecular flexibility index (Phi) is 5.45. The highest BCUT2D eigenvalue weighted by Crippen LogP contribution is 2.20. The Morgan fingerprint density at radius 3 is 2.61 bits per heavy atom. The van der Waals surface area contributed by atoms with E-state index in [0.717, 1.165) is 45.4 Å². The molecule has 2 aliphatic heterocycles. The van der Waals surface area contributed by atoms with Gasteiger partial charge in [-0.25, -0.2) is 0 Å². The van der Waals surface area contributed by atoms with E-state index in [9.17, 15) is 4.79 Å². The largest absolute Gasteiger partial charge is 0.396 e. The number of piperidine rings is 1. The summed E-state index contributed by atoms with van der Waals surface area (Å²) in [4.78, 5) is 14.0. The van der Waals surface area contributed by atoms with Crippen molar-refractivity contribution in [2.75, 3.05) is 26.3 Å². The molecule has 2 saturated heterocycles. The van der Waals surface area contributed by atoms with Gasteiger partial charge in [0.2, 0.25) is 5.91 Å². The summed E-state index contributed by atoms with van der Waals surface area (Å²) in [7, 11) is 0. The number of carbonyl (C=O) groups excluding carboxylic acids is 1. The Bertz CT molecular complexity index is 256. The molecule has 2 aliphatic rings. The van der Waals surface area contributed by atoms with Crippen LogP contribution in [0.25, 0.3) is 0 Å². The first-order valence-corrected chi connectivity index (χ1v) is 7.30. The fourth-order valence-corrected chi connectivity index (χ4v) is 2.84. The fourth-order valence-electron chi connectivity index (χ4n) is 2.84. The van der Waals surface area contributed by atoms with E-state index in [-0.39, 0.29) is 12.5 Å². The summed E-state index contributed by atoms with van der Waals surface area (Å²) in [5, 5.41) is 9.07. The molecule has 1 N–H and O–H groups in total. The van der Waals surface area contributed by atoms with Gasteiger partial charge in [-0.1, -0.05) is 0 Å². The quantitative estimate of drug-likeness (QED) is 0.829. The number of likely N-dealkylation sites (tertiary alicyclic amines) is 1. The van der Waals surface area contributed by atoms with Crippen LogP contribution in [0, 0.1) is 5.92 Å². The van der Waals surface area contributed by atoms with E-state index in [4.69, 9.17) is 9.84 Å². The summed E-state index contributed by atoms with van der Waals surface area (Å²) in [5.41, 5.74) is 0. The molecule has 104 valence electrons. The standard InChI is InChI=1S/C14H25NO3/c16-11-12-6-8-15(9-7-12)14(17)5-4-13-3-1-2-10-18-13/h12-13,16H,1-11H2. The first-order chi connectivity index (χ1) is 8.79. The SMILES string of the molecule is O=C(CCC1CCCCO1)N1CCC(CO)CC1. The topological polar surface area (TPSA) is 49.8 Å². The van der Waals surface area contributed by atoms with E-state index >= 15 is 0 Å². The first kappa shape index (κ1) is 13.8. The zero-order valence-corrected chi connectivity index (χ0v) is 11.1. The average Bonchev–Trinajstić information content (AvgIpc) is 2.46. The van der Waals surface area contributed by atoms with Crippen LogP contribution in [0.5, 0.6) is 0 Å². The van der Waals surface area contributed by atoms with Crippen LogP contribution in [-0.4, -0.2) is 48.3 Å². The normalized spacial score (nSPS) is 26.3. The van der Waals surface area contributed by atoms with Gasteiger partial charge in [0.1, 0.15) is 0 Å². The fraction of sp³-hybridized carbons (Fsp3) is 0.929. The number of amides is 1. The van der Waals surface area contributed by atoms with E-state index < -0.39 is 0 Å². The molecular weight excluding hydrogens is 230 g/mol. The molecule has 4 nitrogen and oxygen atoms in total. The number of hydrogen-bond donors (Lipinski definition) is 1. The van der Waals surface area contributed by atoms with Gasteiger partial charge in [-0.15, -0.1) is 0 Å². The van der Waals surface area contributed by atoms with Crippen molar-refractivity contribution in [3.63, 3.8) is 0 Å². The second-order valence-electron chi connectivity index (χ2n) is 5.53. The first-order valence-electron chi connectivity index (χ1n) is 7.30. The maximum absolute atomic E-state index is 12.0. The van der Waals surface area contributed by atoms with E-state index in [1.165, 1.54) is 12.8 Å². The predicted molar refractivity (Wildman–Crippen MR) is 69.2 cm³/mol. The lowest BCUT2D eigenvalue weighted by Crippen LogP contribution is -2.39. The highest BCUT2D eigenvalue weighted by molar-refractivity contribution is 5.76. The number of nitrogens with zero attached hydrogens (tertiary/aromatic N) is 1. The third-order valence-corrected chi connectivity index (χ3v) is 4.18. The molecule has 0 aromatic rings. The molecule has 2 heterocycles. The monoisotopic (exact) mass is 255 g/mol. The molecule has 0 saturated carbocycles. The second-order valence-corrected chi connectivity index (χ2v) is 5.53. The minimum Gasteiger partial charge on any atom is -0.396 e. The highest BCUT2D eigenvalue weighted by atomic mass is 16.5. The van der Waals surface area contributed by atoms with Crippen LogP contribution in [0.1, 0.15) is 44.9 Å². The van der Waals surface area contributed by atoms with Gasteiger partial charge >= 0.3 is 0 Å². The molecule has 4 heteroatoms. The predicted octanol–water partition coefficient (Wildman–Crippen LogP) is 1.57. The maximum Gasteiger partial charge on any atom is 0.222 e. The van der Waals surface area contributed by atoms with Gasteiger partial charge in [0, 0.05) is 32.7 Å². The maximum atomic E-state index is 12.0. The molecular formula is C14H25NO3. The molecule has 0 aliphatic carbocycles. The van der Waals surface area contributed by atoms with E-state index in [1.54, 1.807) is 0 Å². The summed E-state index contributed by atoms with van der Waals surface area (Å²) in [6, 6.07) is 0. The van der Waals surface area contributed by atoms with Crippen molar-refractivity contribution in [3.05, 3.63) is 0 Å². The number of aliphatic hydroxyl groups excluding tert-OH is 1. The van der Waals surface area contributed by atoms with Crippen LogP contribution in [0.2, 0.25) is 0 Å². The van der Waals surface area contributed by atoms with Crippen molar-refractivity contribution in [2.24, 2.45) is 5.92 Å². The Balaban J connectivity index is 1.65. The number of carbonyl (C=O) groups is 1. The third kappa shape index (κ3) is 3.95. The van der Waals surface area contributed by atoms with Gasteiger partial charge in [-0.2, -0.15) is 0 Å². The number of hydrogen-bond acceptors (Lipinski definition) is 3. The lowest BCUT2D eigenvalue weighted by Gasteiger charge is -2.31. The van der Waals surface area contributed by atoms with Gasteiger partial charge in [-0.3, -0.25) is 4.79 Å². The minimum absolute atomic E-state index is 0.262. The van der Waals surface area contributed by atoms with Crippen molar-refractivity contribution in [2.45, 2.75) is 51.0 Å². The van der Waals surface area contributed by atoms with Crippen LogP contribution in [-0.2, 0) is 9.53 Å². The molecule has 1 atom stereocenters. The van der Waals surface area contributed by atoms with Crippen molar-refractivity contribution >= 4 is 5.91 Å². The molecule has 2 fully saturated rings. The van der Waals surface area contributed by atoms with Crippen LogP contribution in [0.4, 0.5) is 0 Å². The Hall–Kier alpha value is -0.610. The van der Waals surface area contributed by atoms with Crippen molar-refractivity contribution in [1.29, 1.82) is 0 Å². The van der Waals surface area contributed by atoms with Crippen LogP contribution in [0.3, 0.4) is 0 Å². The summed E-state index contributed by atoms with van der Waals surface area (Å²) < 4.78 is 5.65. The molecule has 1 amide bonds. The van der Waals surface area contributed by atoms with Gasteiger partial charge in [0.15, 0.2) is 0 Å². The second kappa shape index (κ2) is 7.10. The van der Waals surface area contributed by atoms with E-state index in [2.05, 4.69) is 0 Å². The average molecular weight is 255 g/mol. The summed E-state index contributed by atoms with van der Waals surface area (Å²) >= 11 is 0. The molecule has 0 spiro atoms. The molecule has 0 bridgehead atoms. The summed E-state index contributed by atoms with van der Waals surface area (Å²) in [6.45, 7) is 2.75.